The molecule has 0 radical (unpaired) electrons. The average molecular weight is 483 g/mol. The lowest BCUT2D eigenvalue weighted by atomic mass is 10.1. The van der Waals surface area contributed by atoms with Crippen molar-refractivity contribution in [1.82, 2.24) is 14.7 Å². The Bertz CT molecular complexity index is 1170. The van der Waals surface area contributed by atoms with Gasteiger partial charge in [0.05, 0.1) is 22.8 Å². The molecular formula is C26H31ClN4O3. The highest BCUT2D eigenvalue weighted by Crippen LogP contribution is 2.32. The number of hydrogen-bond donors (Lipinski definition) is 1. The fourth-order valence-electron chi connectivity index (χ4n) is 4.10. The van der Waals surface area contributed by atoms with E-state index in [1.54, 1.807) is 36.1 Å². The number of ether oxygens (including phenoxy) is 1. The fraction of sp³-hybridized carbons (Fsp3) is 0.423. The van der Waals surface area contributed by atoms with Crippen LogP contribution in [0.15, 0.2) is 42.6 Å². The number of rotatable bonds is 8. The molecule has 180 valence electrons. The maximum absolute atomic E-state index is 11.3. The van der Waals surface area contributed by atoms with Gasteiger partial charge in [0.1, 0.15) is 5.75 Å². The average Bonchev–Trinajstić information content (AvgIpc) is 3.34. The number of aryl methyl sites for hydroxylation is 2. The monoisotopic (exact) mass is 482 g/mol. The minimum Gasteiger partial charge on any atom is -0.489 e. The number of benzene rings is 2. The lowest BCUT2D eigenvalue weighted by molar-refractivity contribution is -0.114. The molecule has 1 amide bonds. The Labute approximate surface area is 204 Å². The molecule has 1 aliphatic heterocycles. The molecule has 7 nitrogen and oxygen atoms in total. The molecular weight excluding hydrogens is 452 g/mol. The maximum atomic E-state index is 11.3. The molecule has 2 heterocycles. The van der Waals surface area contributed by atoms with Crippen LogP contribution in [0.3, 0.4) is 0 Å². The number of carbonyl (C=O) groups excluding carboxylic acids is 2. The van der Waals surface area contributed by atoms with Crippen molar-refractivity contribution in [2.24, 2.45) is 12.8 Å². The minimum absolute atomic E-state index is 0.290. The lowest BCUT2D eigenvalue weighted by Crippen LogP contribution is -2.22. The number of hydrogen-bond acceptors (Lipinski definition) is 5. The van der Waals surface area contributed by atoms with Gasteiger partial charge in [-0.2, -0.15) is 5.10 Å². The van der Waals surface area contributed by atoms with Gasteiger partial charge in [0.2, 0.25) is 5.78 Å². The van der Waals surface area contributed by atoms with E-state index in [9.17, 15) is 9.59 Å². The Kier molecular flexibility index (Phi) is 7.85. The molecule has 1 aromatic heterocycles. The molecule has 3 aromatic rings. The van der Waals surface area contributed by atoms with Gasteiger partial charge in [-0.05, 0) is 81.9 Å². The van der Waals surface area contributed by atoms with Gasteiger partial charge in [-0.15, -0.1) is 0 Å². The van der Waals surface area contributed by atoms with Crippen molar-refractivity contribution >= 4 is 34.2 Å². The number of likely N-dealkylation sites (tertiary alicyclic amines) is 1. The Balaban J connectivity index is 0.000000166. The number of fused-ring (bicyclic) bond motifs is 1. The van der Waals surface area contributed by atoms with Gasteiger partial charge in [0, 0.05) is 18.0 Å². The van der Waals surface area contributed by atoms with Crippen LogP contribution in [0.25, 0.3) is 10.9 Å². The van der Waals surface area contributed by atoms with Crippen LogP contribution in [0.4, 0.5) is 0 Å². The molecule has 2 N–H and O–H groups in total. The van der Waals surface area contributed by atoms with E-state index < -0.39 is 11.7 Å². The standard InChI is InChI=1S/C16H22ClNO.C10H9N3O2/c17-15-12-13(4-3-11-18-9-1-2-10-18)5-8-16(15)19-14-6-7-14;1-13-8-4-6(9(14)10(11)15)2-3-7(8)5-12-13/h5,8,12,14H,1-4,6-7,9-11H2;2-5H,1H3,(H2,11,15). The molecule has 1 aliphatic carbocycles. The van der Waals surface area contributed by atoms with E-state index in [1.807, 2.05) is 6.07 Å². The summed E-state index contributed by atoms with van der Waals surface area (Å²) in [5, 5.41) is 5.71. The van der Waals surface area contributed by atoms with Gasteiger partial charge in [-0.1, -0.05) is 29.8 Å². The maximum Gasteiger partial charge on any atom is 0.289 e. The first-order chi connectivity index (χ1) is 16.4. The van der Waals surface area contributed by atoms with Crippen LogP contribution < -0.4 is 10.5 Å². The molecule has 1 saturated carbocycles. The molecule has 2 fully saturated rings. The zero-order valence-corrected chi connectivity index (χ0v) is 20.3. The number of halogens is 1. The predicted molar refractivity (Wildman–Crippen MR) is 133 cm³/mol. The first-order valence-corrected chi connectivity index (χ1v) is 12.2. The van der Waals surface area contributed by atoms with E-state index in [-0.39, 0.29) is 0 Å². The smallest absolute Gasteiger partial charge is 0.289 e. The van der Waals surface area contributed by atoms with E-state index >= 15 is 0 Å². The summed E-state index contributed by atoms with van der Waals surface area (Å²) >= 11 is 6.27. The summed E-state index contributed by atoms with van der Waals surface area (Å²) in [4.78, 5) is 24.6. The highest BCUT2D eigenvalue weighted by Gasteiger charge is 2.24. The molecule has 2 aromatic carbocycles. The van der Waals surface area contributed by atoms with E-state index in [1.165, 1.54) is 57.3 Å². The number of nitrogens with two attached hydrogens (primary N) is 1. The molecule has 1 saturated heterocycles. The van der Waals surface area contributed by atoms with E-state index in [0.29, 0.717) is 11.7 Å². The summed E-state index contributed by atoms with van der Waals surface area (Å²) in [6, 6.07) is 11.2. The summed E-state index contributed by atoms with van der Waals surface area (Å²) in [6.45, 7) is 3.79. The number of amides is 1. The van der Waals surface area contributed by atoms with Crippen molar-refractivity contribution in [1.29, 1.82) is 0 Å². The van der Waals surface area contributed by atoms with Gasteiger partial charge in [-0.25, -0.2) is 0 Å². The second-order valence-corrected chi connectivity index (χ2v) is 9.38. The number of aromatic nitrogens is 2. The molecule has 2 aliphatic rings. The summed E-state index contributed by atoms with van der Waals surface area (Å²) in [5.41, 5.74) is 7.32. The normalized spacial score (nSPS) is 15.7. The third-order valence-corrected chi connectivity index (χ3v) is 6.48. The number of carbonyl (C=O) groups is 2. The number of ketones is 1. The fourth-order valence-corrected chi connectivity index (χ4v) is 4.35. The molecule has 8 heteroatoms. The van der Waals surface area contributed by atoms with Gasteiger partial charge in [0.15, 0.2) is 0 Å². The van der Waals surface area contributed by atoms with Crippen LogP contribution in [-0.4, -0.2) is 52.1 Å². The van der Waals surface area contributed by atoms with Crippen molar-refractivity contribution in [3.63, 3.8) is 0 Å². The van der Waals surface area contributed by atoms with Gasteiger partial charge < -0.3 is 15.4 Å². The third kappa shape index (κ3) is 6.36. The van der Waals surface area contributed by atoms with E-state index in [0.717, 1.165) is 28.1 Å². The third-order valence-electron chi connectivity index (χ3n) is 6.19. The second-order valence-electron chi connectivity index (χ2n) is 8.97. The topological polar surface area (TPSA) is 90.4 Å². The zero-order valence-electron chi connectivity index (χ0n) is 19.5. The largest absolute Gasteiger partial charge is 0.489 e. The quantitative estimate of drug-likeness (QED) is 0.384. The first-order valence-electron chi connectivity index (χ1n) is 11.8. The summed E-state index contributed by atoms with van der Waals surface area (Å²) in [7, 11) is 1.76. The van der Waals surface area contributed by atoms with E-state index in [4.69, 9.17) is 22.1 Å². The molecule has 0 spiro atoms. The van der Waals surface area contributed by atoms with Crippen LogP contribution in [0.2, 0.25) is 5.02 Å². The Hall–Kier alpha value is -2.90. The first kappa shape index (κ1) is 24.2. The van der Waals surface area contributed by atoms with Gasteiger partial charge in [0.25, 0.3) is 5.91 Å². The van der Waals surface area contributed by atoms with Gasteiger partial charge >= 0.3 is 0 Å². The van der Waals surface area contributed by atoms with Crippen molar-refractivity contribution in [3.05, 3.63) is 58.7 Å². The Morgan fingerprint density at radius 1 is 1.15 bits per heavy atom. The van der Waals surface area contributed by atoms with Crippen molar-refractivity contribution in [2.75, 3.05) is 19.6 Å². The Morgan fingerprint density at radius 2 is 1.91 bits per heavy atom. The van der Waals surface area contributed by atoms with Crippen LogP contribution in [0, 0.1) is 0 Å². The van der Waals surface area contributed by atoms with Crippen molar-refractivity contribution < 1.29 is 14.3 Å². The van der Waals surface area contributed by atoms with Crippen LogP contribution >= 0.6 is 11.6 Å². The van der Waals surface area contributed by atoms with Gasteiger partial charge in [-0.3, -0.25) is 14.3 Å². The number of Topliss-reactive ketones (excluding diaryl/α,β-unsaturated/α-hetero) is 1. The van der Waals surface area contributed by atoms with Crippen LogP contribution in [-0.2, 0) is 18.3 Å². The Morgan fingerprint density at radius 3 is 2.59 bits per heavy atom. The molecule has 34 heavy (non-hydrogen) atoms. The molecule has 0 atom stereocenters. The molecule has 0 bridgehead atoms. The summed E-state index contributed by atoms with van der Waals surface area (Å²) in [5.74, 6) is -0.776. The highest BCUT2D eigenvalue weighted by molar-refractivity contribution is 6.42. The predicted octanol–water partition coefficient (Wildman–Crippen LogP) is 4.15. The SMILES string of the molecule is Clc1cc(CCCN2CCCC2)ccc1OC1CC1.Cn1ncc2ccc(C(=O)C(N)=O)cc21. The molecule has 5 rings (SSSR count). The number of primary amides is 1. The highest BCUT2D eigenvalue weighted by atomic mass is 35.5. The zero-order chi connectivity index (χ0) is 24.1. The second kappa shape index (κ2) is 11.0. The number of nitrogens with zero attached hydrogens (tertiary/aromatic N) is 3. The lowest BCUT2D eigenvalue weighted by Gasteiger charge is -2.14. The van der Waals surface area contributed by atoms with Crippen molar-refractivity contribution in [2.45, 2.75) is 44.6 Å². The molecule has 0 unspecified atom stereocenters. The van der Waals surface area contributed by atoms with Crippen LogP contribution in [0.5, 0.6) is 5.75 Å². The minimum atomic E-state index is -0.948. The van der Waals surface area contributed by atoms with Crippen LogP contribution in [0.1, 0.15) is 48.0 Å². The van der Waals surface area contributed by atoms with Crippen molar-refractivity contribution in [3.8, 4) is 5.75 Å². The summed E-state index contributed by atoms with van der Waals surface area (Å²) in [6.07, 6.45) is 9.53. The van der Waals surface area contributed by atoms with E-state index in [2.05, 4.69) is 22.1 Å². The summed E-state index contributed by atoms with van der Waals surface area (Å²) < 4.78 is 7.39.